The molecule has 1 amide bonds. The maximum absolute atomic E-state index is 12.1. The van der Waals surface area contributed by atoms with E-state index in [9.17, 15) is 33.7 Å². The summed E-state index contributed by atoms with van der Waals surface area (Å²) in [5.74, 6) is 0.139. The number of hydrogen-bond donors (Lipinski definition) is 5. The molecule has 35 heavy (non-hydrogen) atoms. The molecule has 3 aromatic rings. The Morgan fingerprint density at radius 3 is 2.46 bits per heavy atom. The van der Waals surface area contributed by atoms with Crippen molar-refractivity contribution in [1.82, 2.24) is 10.3 Å². The zero-order valence-electron chi connectivity index (χ0n) is 19.5. The van der Waals surface area contributed by atoms with Crippen LogP contribution in [0.15, 0.2) is 42.5 Å². The summed E-state index contributed by atoms with van der Waals surface area (Å²) in [6.07, 6.45) is -0.372. The van der Waals surface area contributed by atoms with Gasteiger partial charge in [-0.3, -0.25) is 13.9 Å². The van der Waals surface area contributed by atoms with Crippen LogP contribution in [-0.2, 0) is 20.5 Å². The molecular weight excluding hydrogens is 496 g/mol. The molecule has 2 atom stereocenters. The number of nitrogens with one attached hydrogen (secondary N) is 1. The summed E-state index contributed by atoms with van der Waals surface area (Å²) in [6, 6.07) is 13.5. The largest absolute Gasteiger partial charge is 0.491 e. The number of aromatic nitrogens is 2. The van der Waals surface area contributed by atoms with E-state index >= 15 is 0 Å². The predicted molar refractivity (Wildman–Crippen MR) is 130 cm³/mol. The van der Waals surface area contributed by atoms with E-state index in [-0.39, 0.29) is 19.6 Å². The van der Waals surface area contributed by atoms with Gasteiger partial charge in [-0.05, 0) is 25.5 Å². The number of hydrogen-bond acceptors (Lipinski definition) is 6. The minimum Gasteiger partial charge on any atom is -0.491 e. The second-order valence-corrected chi connectivity index (χ2v) is 12.9. The van der Waals surface area contributed by atoms with Crippen LogP contribution < -0.4 is 14.6 Å². The van der Waals surface area contributed by atoms with E-state index in [2.05, 4.69) is 16.8 Å². The number of carbonyl (C=O) groups excluding carboxylic acids is 1. The van der Waals surface area contributed by atoms with Gasteiger partial charge in [0, 0.05) is 38.2 Å². The molecule has 0 aliphatic rings. The number of ether oxygens (including phenoxy) is 1. The number of aliphatic hydroxyl groups is 1. The van der Waals surface area contributed by atoms with Crippen molar-refractivity contribution in [2.45, 2.75) is 37.8 Å². The quantitative estimate of drug-likeness (QED) is 0.109. The molecule has 190 valence electrons. The van der Waals surface area contributed by atoms with E-state index in [4.69, 9.17) is 9.72 Å². The van der Waals surface area contributed by atoms with Crippen LogP contribution in [0.25, 0.3) is 22.1 Å². The first-order valence-electron chi connectivity index (χ1n) is 11.1. The van der Waals surface area contributed by atoms with Gasteiger partial charge in [-0.25, -0.2) is 4.98 Å². The maximum atomic E-state index is 12.1. The summed E-state index contributed by atoms with van der Waals surface area (Å²) >= 11 is 0. The van der Waals surface area contributed by atoms with Crippen molar-refractivity contribution in [2.24, 2.45) is 0 Å². The van der Waals surface area contributed by atoms with Gasteiger partial charge in [0.25, 0.3) is 0 Å². The Bertz CT molecular complexity index is 1300. The van der Waals surface area contributed by atoms with E-state index in [1.807, 2.05) is 42.5 Å². The number of benzene rings is 2. The second-order valence-electron chi connectivity index (χ2n) is 8.22. The van der Waals surface area contributed by atoms with Crippen LogP contribution in [0.4, 0.5) is 0 Å². The Morgan fingerprint density at radius 2 is 1.80 bits per heavy atom. The minimum atomic E-state index is -5.31. The van der Waals surface area contributed by atoms with Gasteiger partial charge in [0.1, 0.15) is 12.1 Å². The van der Waals surface area contributed by atoms with Crippen molar-refractivity contribution in [1.29, 1.82) is 0 Å². The zero-order chi connectivity index (χ0) is 25.9. The molecule has 1 aromatic heterocycles. The molecule has 0 aliphatic carbocycles. The summed E-state index contributed by atoms with van der Waals surface area (Å²) in [6.45, 7) is 3.32. The Labute approximate surface area is 202 Å². The highest BCUT2D eigenvalue weighted by Crippen LogP contribution is 2.69. The van der Waals surface area contributed by atoms with Gasteiger partial charge in [-0.15, -0.1) is 0 Å². The summed E-state index contributed by atoms with van der Waals surface area (Å²) in [5.41, 5.74) is 3.49. The SMILES string of the molecule is CC[n+]1c2ccccc2nc2c(OCCCC(=O)NCCC(O)(P(C)(=O)O)P(=O)(O)O)cccc21. The highest BCUT2D eigenvalue weighted by Gasteiger charge is 2.56. The van der Waals surface area contributed by atoms with E-state index in [0.29, 0.717) is 24.4 Å². The Balaban J connectivity index is 1.58. The van der Waals surface area contributed by atoms with Crippen LogP contribution >= 0.6 is 15.0 Å². The van der Waals surface area contributed by atoms with E-state index < -0.39 is 32.4 Å². The molecule has 5 N–H and O–H groups in total. The monoisotopic (exact) mass is 526 g/mol. The summed E-state index contributed by atoms with van der Waals surface area (Å²) in [7, 11) is -9.87. The highest BCUT2D eigenvalue weighted by molar-refractivity contribution is 7.74. The highest BCUT2D eigenvalue weighted by atomic mass is 31.2. The van der Waals surface area contributed by atoms with Gasteiger partial charge in [0.2, 0.25) is 29.4 Å². The lowest BCUT2D eigenvalue weighted by atomic mass is 10.2. The molecule has 0 saturated heterocycles. The Morgan fingerprint density at radius 1 is 1.11 bits per heavy atom. The van der Waals surface area contributed by atoms with Crippen LogP contribution in [-0.4, -0.2) is 55.6 Å². The number of fused-ring (bicyclic) bond motifs is 2. The maximum Gasteiger partial charge on any atom is 0.366 e. The Hall–Kier alpha value is -2.39. The molecule has 0 saturated carbocycles. The van der Waals surface area contributed by atoms with E-state index in [1.165, 1.54) is 0 Å². The number of rotatable bonds is 11. The van der Waals surface area contributed by atoms with Crippen LogP contribution in [0, 0.1) is 0 Å². The fraction of sp³-hybridized carbons (Fsp3) is 0.409. The normalized spacial score (nSPS) is 15.5. The van der Waals surface area contributed by atoms with Gasteiger partial charge in [0.15, 0.2) is 11.3 Å². The predicted octanol–water partition coefficient (Wildman–Crippen LogP) is 2.08. The molecule has 0 bridgehead atoms. The van der Waals surface area contributed by atoms with Gasteiger partial charge >= 0.3 is 7.60 Å². The second kappa shape index (κ2) is 10.7. The average Bonchev–Trinajstić information content (AvgIpc) is 2.78. The van der Waals surface area contributed by atoms with Crippen molar-refractivity contribution in [3.63, 3.8) is 0 Å². The first-order chi connectivity index (χ1) is 16.4. The van der Waals surface area contributed by atoms with E-state index in [1.54, 1.807) is 0 Å². The molecule has 13 heteroatoms. The van der Waals surface area contributed by atoms with Gasteiger partial charge in [0.05, 0.1) is 6.61 Å². The molecule has 11 nitrogen and oxygen atoms in total. The lowest BCUT2D eigenvalue weighted by Gasteiger charge is -2.30. The van der Waals surface area contributed by atoms with Gasteiger partial charge < -0.3 is 29.8 Å². The van der Waals surface area contributed by atoms with Crippen molar-refractivity contribution < 1.29 is 43.0 Å². The molecule has 1 heterocycles. The first-order valence-corrected chi connectivity index (χ1v) is 14.8. The molecule has 0 fully saturated rings. The standard InChI is InChI=1S/C22H29N3O8P2/c1-3-25-17-9-5-4-8-16(17)24-21-18(25)10-6-11-19(21)33-15-7-12-20(26)23-14-13-22(27,34(2,28)29)35(30,31)32/h4-6,8-11,27H,3,7,12-15H2,1-2H3,(H3-,23,26,28,29,30,31,32)/p+1. The van der Waals surface area contributed by atoms with Gasteiger partial charge in [-0.1, -0.05) is 18.2 Å². The van der Waals surface area contributed by atoms with Crippen LogP contribution in [0.2, 0.25) is 0 Å². The number of amides is 1. The van der Waals surface area contributed by atoms with E-state index in [0.717, 1.165) is 23.1 Å². The van der Waals surface area contributed by atoms with Crippen molar-refractivity contribution >= 4 is 42.9 Å². The Kier molecular flexibility index (Phi) is 8.32. The van der Waals surface area contributed by atoms with Crippen molar-refractivity contribution in [2.75, 3.05) is 19.8 Å². The molecule has 2 aromatic carbocycles. The topological polar surface area (TPSA) is 170 Å². The summed E-state index contributed by atoms with van der Waals surface area (Å²) in [4.78, 5) is 45.0. The number of para-hydroxylation sites is 3. The third kappa shape index (κ3) is 5.89. The number of nitrogens with zero attached hydrogens (tertiary/aromatic N) is 2. The summed E-state index contributed by atoms with van der Waals surface area (Å²) < 4.78 is 31.3. The molecular formula is C22H30N3O8P2+. The van der Waals surface area contributed by atoms with Crippen molar-refractivity contribution in [3.05, 3.63) is 42.5 Å². The smallest absolute Gasteiger partial charge is 0.366 e. The minimum absolute atomic E-state index is 0.0489. The van der Waals surface area contributed by atoms with Crippen LogP contribution in [0.3, 0.4) is 0 Å². The van der Waals surface area contributed by atoms with Crippen molar-refractivity contribution in [3.8, 4) is 5.75 Å². The number of carbonyl (C=O) groups is 1. The zero-order valence-corrected chi connectivity index (χ0v) is 21.3. The molecule has 0 aliphatic heterocycles. The fourth-order valence-corrected chi connectivity index (χ4v) is 6.67. The van der Waals surface area contributed by atoms with Crippen LogP contribution in [0.5, 0.6) is 5.75 Å². The summed E-state index contributed by atoms with van der Waals surface area (Å²) in [5, 5.41) is 9.36. The third-order valence-corrected chi connectivity index (χ3v) is 10.3. The lowest BCUT2D eigenvalue weighted by molar-refractivity contribution is -0.641. The third-order valence-electron chi connectivity index (χ3n) is 5.71. The molecule has 2 unspecified atom stereocenters. The van der Waals surface area contributed by atoms with Crippen LogP contribution in [0.1, 0.15) is 26.2 Å². The fourth-order valence-electron chi connectivity index (χ4n) is 3.80. The first kappa shape index (κ1) is 27.2. The molecule has 3 rings (SSSR count). The molecule has 0 spiro atoms. The number of aryl methyl sites for hydroxylation is 1. The lowest BCUT2D eigenvalue weighted by Crippen LogP contribution is -2.35. The average molecular weight is 526 g/mol. The molecule has 0 radical (unpaired) electrons. The van der Waals surface area contributed by atoms with Gasteiger partial charge in [-0.2, -0.15) is 4.57 Å².